The lowest BCUT2D eigenvalue weighted by atomic mass is 9.92. The second kappa shape index (κ2) is 9.50. The Morgan fingerprint density at radius 2 is 1.62 bits per heavy atom. The summed E-state index contributed by atoms with van der Waals surface area (Å²) in [6.45, 7) is 5.83. The maximum atomic E-state index is 13.8. The van der Waals surface area contributed by atoms with Gasteiger partial charge in [0.2, 0.25) is 0 Å². The van der Waals surface area contributed by atoms with Gasteiger partial charge in [0.05, 0.1) is 17.7 Å². The van der Waals surface area contributed by atoms with E-state index in [0.717, 1.165) is 5.56 Å². The van der Waals surface area contributed by atoms with Crippen LogP contribution in [0.3, 0.4) is 0 Å². The number of aryl methyl sites for hydroxylation is 1. The summed E-state index contributed by atoms with van der Waals surface area (Å²) in [5, 5.41) is 7.47. The summed E-state index contributed by atoms with van der Waals surface area (Å²) in [6, 6.07) is 23.7. The van der Waals surface area contributed by atoms with Gasteiger partial charge < -0.3 is 10.1 Å². The Balaban J connectivity index is 1.65. The van der Waals surface area contributed by atoms with Crippen molar-refractivity contribution in [2.24, 2.45) is 0 Å². The predicted octanol–water partition coefficient (Wildman–Crippen LogP) is 5.59. The summed E-state index contributed by atoms with van der Waals surface area (Å²) in [4.78, 5) is 40.0. The molecule has 0 atom stereocenters. The summed E-state index contributed by atoms with van der Waals surface area (Å²) < 4.78 is 7.23. The lowest BCUT2D eigenvalue weighted by Crippen LogP contribution is -2.36. The summed E-state index contributed by atoms with van der Waals surface area (Å²) in [6.07, 6.45) is 0.238. The molecule has 5 rings (SSSR count). The lowest BCUT2D eigenvalue weighted by molar-refractivity contribution is 0.0620. The molecule has 0 bridgehead atoms. The second-order valence-electron chi connectivity index (χ2n) is 9.58. The van der Waals surface area contributed by atoms with Crippen LogP contribution in [-0.2, 0) is 6.54 Å². The van der Waals surface area contributed by atoms with Crippen molar-refractivity contribution in [1.82, 2.24) is 9.78 Å². The lowest BCUT2D eigenvalue weighted by Gasteiger charge is -2.31. The van der Waals surface area contributed by atoms with E-state index in [1.807, 2.05) is 81.4 Å². The molecule has 0 aliphatic carbocycles. The number of hydrogen-bond acceptors (Lipinski definition) is 5. The van der Waals surface area contributed by atoms with E-state index in [9.17, 15) is 14.4 Å². The van der Waals surface area contributed by atoms with Crippen LogP contribution in [0.25, 0.3) is 22.4 Å². The van der Waals surface area contributed by atoms with Gasteiger partial charge in [-0.1, -0.05) is 60.7 Å². The number of carbonyl (C=O) groups is 2. The fraction of sp³-hybridized carbons (Fsp3) is 0.200. The molecule has 7 heteroatoms. The fourth-order valence-corrected chi connectivity index (χ4v) is 4.60. The Labute approximate surface area is 214 Å². The highest BCUT2D eigenvalue weighted by atomic mass is 16.5. The number of benzene rings is 3. The predicted molar refractivity (Wildman–Crippen MR) is 143 cm³/mol. The number of hydrogen-bond donors (Lipinski definition) is 1. The minimum atomic E-state index is -0.588. The number of ether oxygens (including phenoxy) is 1. The van der Waals surface area contributed by atoms with Crippen molar-refractivity contribution in [3.05, 3.63) is 100 Å². The van der Waals surface area contributed by atoms with Gasteiger partial charge in [0.15, 0.2) is 5.78 Å². The molecular weight excluding hydrogens is 466 g/mol. The minimum absolute atomic E-state index is 0.0108. The van der Waals surface area contributed by atoms with Crippen LogP contribution >= 0.6 is 0 Å². The van der Waals surface area contributed by atoms with E-state index in [4.69, 9.17) is 4.74 Å². The number of fused-ring (bicyclic) bond motifs is 1. The molecule has 0 spiro atoms. The molecular formula is C30H27N3O4. The molecule has 0 radical (unpaired) electrons. The fourth-order valence-electron chi connectivity index (χ4n) is 4.60. The molecule has 7 nitrogen and oxygen atoms in total. The van der Waals surface area contributed by atoms with Gasteiger partial charge >= 0.3 is 0 Å². The van der Waals surface area contributed by atoms with Crippen LogP contribution < -0.4 is 15.6 Å². The molecule has 1 N–H and O–H groups in total. The van der Waals surface area contributed by atoms with Crippen molar-refractivity contribution < 1.29 is 14.3 Å². The molecule has 37 heavy (non-hydrogen) atoms. The molecule has 1 amide bonds. The van der Waals surface area contributed by atoms with Crippen LogP contribution in [0.1, 0.15) is 47.9 Å². The topological polar surface area (TPSA) is 90.3 Å². The molecule has 1 aliphatic heterocycles. The Hall–Kier alpha value is -4.52. The van der Waals surface area contributed by atoms with Crippen LogP contribution in [0.5, 0.6) is 5.75 Å². The van der Waals surface area contributed by atoms with E-state index < -0.39 is 17.1 Å². The average molecular weight is 494 g/mol. The first-order chi connectivity index (χ1) is 17.8. The van der Waals surface area contributed by atoms with E-state index in [0.29, 0.717) is 40.4 Å². The maximum absolute atomic E-state index is 13.8. The Morgan fingerprint density at radius 3 is 2.27 bits per heavy atom. The smallest absolute Gasteiger partial charge is 0.280 e. The molecule has 4 aromatic rings. The number of rotatable bonds is 5. The molecule has 2 heterocycles. The van der Waals surface area contributed by atoms with Gasteiger partial charge in [-0.05, 0) is 44.5 Å². The maximum Gasteiger partial charge on any atom is 0.280 e. The summed E-state index contributed by atoms with van der Waals surface area (Å²) >= 11 is 0. The average Bonchev–Trinajstić information content (AvgIpc) is 2.89. The van der Waals surface area contributed by atoms with Crippen molar-refractivity contribution in [2.45, 2.75) is 39.3 Å². The zero-order valence-corrected chi connectivity index (χ0v) is 20.9. The van der Waals surface area contributed by atoms with Gasteiger partial charge in [0.25, 0.3) is 11.5 Å². The van der Waals surface area contributed by atoms with Crippen LogP contribution in [0.15, 0.2) is 83.7 Å². The minimum Gasteiger partial charge on any atom is -0.487 e. The number of nitrogens with zero attached hydrogens (tertiary/aromatic N) is 2. The number of ketones is 1. The number of nitrogens with one attached hydrogen (secondary N) is 1. The highest BCUT2D eigenvalue weighted by Crippen LogP contribution is 2.35. The van der Waals surface area contributed by atoms with Crippen LogP contribution in [-0.4, -0.2) is 27.1 Å². The van der Waals surface area contributed by atoms with E-state index in [2.05, 4.69) is 10.4 Å². The monoisotopic (exact) mass is 493 g/mol. The molecule has 3 aromatic carbocycles. The van der Waals surface area contributed by atoms with E-state index in [1.54, 1.807) is 18.2 Å². The highest BCUT2D eigenvalue weighted by molar-refractivity contribution is 6.11. The largest absolute Gasteiger partial charge is 0.487 e. The first-order valence-corrected chi connectivity index (χ1v) is 12.2. The molecule has 0 fully saturated rings. The quantitative estimate of drug-likeness (QED) is 0.391. The van der Waals surface area contributed by atoms with Gasteiger partial charge in [-0.25, -0.2) is 4.68 Å². The number of aromatic nitrogens is 2. The molecule has 0 saturated carbocycles. The SMILES string of the molecule is CCn1nc(-c2ccccc2)c(-c2ccccc2)c(C(=O)Nc2ccc3c(c2)C(=O)CC(C)(C)O3)c1=O. The van der Waals surface area contributed by atoms with Gasteiger partial charge in [-0.15, -0.1) is 0 Å². The van der Waals surface area contributed by atoms with Crippen molar-refractivity contribution >= 4 is 17.4 Å². The first kappa shape index (κ1) is 24.2. The standard InChI is InChI=1S/C30H27N3O4/c1-4-33-29(36)26(25(19-11-7-5-8-12-19)27(32-33)20-13-9-6-10-14-20)28(35)31-21-15-16-24-22(17-21)23(34)18-30(2,3)37-24/h5-17H,4,18H2,1-3H3,(H,31,35). The van der Waals surface area contributed by atoms with E-state index in [-0.39, 0.29) is 17.8 Å². The Kier molecular flexibility index (Phi) is 6.21. The van der Waals surface area contributed by atoms with Crippen LogP contribution in [0.2, 0.25) is 0 Å². The van der Waals surface area contributed by atoms with E-state index in [1.165, 1.54) is 4.68 Å². The molecule has 186 valence electrons. The number of Topliss-reactive ketones (excluding diaryl/α,β-unsaturated/α-hetero) is 1. The molecule has 0 saturated heterocycles. The molecule has 1 aliphatic rings. The van der Waals surface area contributed by atoms with Crippen LogP contribution in [0, 0.1) is 0 Å². The number of carbonyl (C=O) groups excluding carboxylic acids is 2. The normalized spacial score (nSPS) is 14.0. The molecule has 0 unspecified atom stereocenters. The Morgan fingerprint density at radius 1 is 0.973 bits per heavy atom. The number of anilines is 1. The molecule has 1 aromatic heterocycles. The summed E-state index contributed by atoms with van der Waals surface area (Å²) in [5.74, 6) is -0.154. The van der Waals surface area contributed by atoms with E-state index >= 15 is 0 Å². The van der Waals surface area contributed by atoms with Gasteiger partial charge in [-0.3, -0.25) is 14.4 Å². The zero-order valence-electron chi connectivity index (χ0n) is 20.9. The highest BCUT2D eigenvalue weighted by Gasteiger charge is 2.33. The summed E-state index contributed by atoms with van der Waals surface area (Å²) in [7, 11) is 0. The third kappa shape index (κ3) is 4.68. The number of amides is 1. The van der Waals surface area contributed by atoms with Gasteiger partial charge in [0.1, 0.15) is 16.9 Å². The Bertz CT molecular complexity index is 1560. The second-order valence-corrected chi connectivity index (χ2v) is 9.58. The van der Waals surface area contributed by atoms with Crippen molar-refractivity contribution in [1.29, 1.82) is 0 Å². The van der Waals surface area contributed by atoms with Crippen molar-refractivity contribution in [3.63, 3.8) is 0 Å². The third-order valence-corrected chi connectivity index (χ3v) is 6.30. The first-order valence-electron chi connectivity index (χ1n) is 12.2. The van der Waals surface area contributed by atoms with Crippen molar-refractivity contribution in [2.75, 3.05) is 5.32 Å². The van der Waals surface area contributed by atoms with Gasteiger partial charge in [0, 0.05) is 23.4 Å². The van der Waals surface area contributed by atoms with Crippen LogP contribution in [0.4, 0.5) is 5.69 Å². The summed E-state index contributed by atoms with van der Waals surface area (Å²) in [5.41, 5.74) is 2.21. The zero-order chi connectivity index (χ0) is 26.2. The van der Waals surface area contributed by atoms with Gasteiger partial charge in [-0.2, -0.15) is 5.10 Å². The van der Waals surface area contributed by atoms with Crippen molar-refractivity contribution in [3.8, 4) is 28.1 Å². The third-order valence-electron chi connectivity index (χ3n) is 6.30.